The van der Waals surface area contributed by atoms with Gasteiger partial charge in [0.2, 0.25) is 0 Å². The Morgan fingerprint density at radius 1 is 1.33 bits per heavy atom. The summed E-state index contributed by atoms with van der Waals surface area (Å²) in [5.74, 6) is -0.165. The van der Waals surface area contributed by atoms with Crippen molar-refractivity contribution in [2.24, 2.45) is 0 Å². The molecule has 1 aromatic rings. The maximum absolute atomic E-state index is 13.0. The third-order valence-electron chi connectivity index (χ3n) is 2.11. The topological polar surface area (TPSA) is 12.0 Å². The molecule has 0 atom stereocenters. The fourth-order valence-corrected chi connectivity index (χ4v) is 1.44. The van der Waals surface area contributed by atoms with Gasteiger partial charge in [0.25, 0.3) is 0 Å². The Morgan fingerprint density at radius 2 is 2.13 bits per heavy atom. The third kappa shape index (κ3) is 4.75. The van der Waals surface area contributed by atoms with Crippen molar-refractivity contribution >= 4 is 6.08 Å². The molecule has 1 N–H and O–H groups in total. The van der Waals surface area contributed by atoms with Crippen LogP contribution in [0.5, 0.6) is 0 Å². The first-order valence-corrected chi connectivity index (χ1v) is 5.37. The lowest BCUT2D eigenvalue weighted by Crippen LogP contribution is -2.12. The Balaban J connectivity index is 2.49. The molecule has 0 aliphatic carbocycles. The van der Waals surface area contributed by atoms with Crippen molar-refractivity contribution in [2.75, 3.05) is 13.1 Å². The minimum absolute atomic E-state index is 0.165. The van der Waals surface area contributed by atoms with E-state index in [1.807, 2.05) is 19.1 Å². The highest BCUT2D eigenvalue weighted by molar-refractivity contribution is 5.50. The van der Waals surface area contributed by atoms with E-state index in [1.54, 1.807) is 6.07 Å². The number of hydrogen-bond donors (Lipinski definition) is 1. The van der Waals surface area contributed by atoms with Gasteiger partial charge in [-0.1, -0.05) is 25.1 Å². The monoisotopic (exact) mass is 207 g/mol. The molecule has 0 heterocycles. The summed E-state index contributed by atoms with van der Waals surface area (Å²) in [6.07, 6.45) is 5.01. The second-order valence-corrected chi connectivity index (χ2v) is 3.61. The van der Waals surface area contributed by atoms with Crippen molar-refractivity contribution in [1.29, 1.82) is 0 Å². The first kappa shape index (κ1) is 11.9. The van der Waals surface area contributed by atoms with Gasteiger partial charge in [-0.3, -0.25) is 0 Å². The van der Waals surface area contributed by atoms with E-state index < -0.39 is 0 Å². The Bertz CT molecular complexity index is 311. The molecule has 1 rings (SSSR count). The van der Waals surface area contributed by atoms with E-state index in [0.29, 0.717) is 0 Å². The fourth-order valence-electron chi connectivity index (χ4n) is 1.44. The zero-order chi connectivity index (χ0) is 11.1. The van der Waals surface area contributed by atoms with Crippen molar-refractivity contribution in [3.05, 3.63) is 41.2 Å². The molecule has 0 aliphatic rings. The number of halogens is 1. The van der Waals surface area contributed by atoms with E-state index in [0.717, 1.165) is 30.6 Å². The Hall–Kier alpha value is -1.15. The van der Waals surface area contributed by atoms with Crippen LogP contribution in [-0.2, 0) is 0 Å². The molecule has 2 heteroatoms. The lowest BCUT2D eigenvalue weighted by atomic mass is 10.1. The molecule has 0 saturated heterocycles. The van der Waals surface area contributed by atoms with Gasteiger partial charge < -0.3 is 5.32 Å². The lowest BCUT2D eigenvalue weighted by molar-refractivity contribution is 0.626. The van der Waals surface area contributed by atoms with Gasteiger partial charge in [-0.25, -0.2) is 4.39 Å². The quantitative estimate of drug-likeness (QED) is 0.731. The van der Waals surface area contributed by atoms with Gasteiger partial charge in [0.05, 0.1) is 0 Å². The molecule has 0 spiro atoms. The summed E-state index contributed by atoms with van der Waals surface area (Å²) < 4.78 is 13.0. The van der Waals surface area contributed by atoms with E-state index in [4.69, 9.17) is 0 Å². The van der Waals surface area contributed by atoms with Crippen LogP contribution in [0.1, 0.15) is 24.5 Å². The summed E-state index contributed by atoms with van der Waals surface area (Å²) in [5.41, 5.74) is 1.89. The van der Waals surface area contributed by atoms with Crippen molar-refractivity contribution in [3.63, 3.8) is 0 Å². The number of nitrogens with one attached hydrogen (secondary N) is 1. The molecular weight excluding hydrogens is 189 g/mol. The first-order chi connectivity index (χ1) is 7.22. The molecule has 0 amide bonds. The van der Waals surface area contributed by atoms with Gasteiger partial charge in [-0.2, -0.15) is 0 Å². The number of benzene rings is 1. The molecular formula is C13H18FN. The van der Waals surface area contributed by atoms with E-state index in [-0.39, 0.29) is 5.82 Å². The molecule has 0 unspecified atom stereocenters. The zero-order valence-electron chi connectivity index (χ0n) is 9.39. The van der Waals surface area contributed by atoms with Crippen molar-refractivity contribution in [1.82, 2.24) is 5.32 Å². The normalized spacial score (nSPS) is 11.1. The molecule has 0 bridgehead atoms. The van der Waals surface area contributed by atoms with Gasteiger partial charge in [0, 0.05) is 0 Å². The fraction of sp³-hybridized carbons (Fsp3) is 0.385. The smallest absolute Gasteiger partial charge is 0.124 e. The van der Waals surface area contributed by atoms with Crippen LogP contribution in [0.2, 0.25) is 0 Å². The second kappa shape index (κ2) is 6.36. The summed E-state index contributed by atoms with van der Waals surface area (Å²) in [7, 11) is 0. The highest BCUT2D eigenvalue weighted by Gasteiger charge is 1.93. The van der Waals surface area contributed by atoms with Crippen molar-refractivity contribution < 1.29 is 4.39 Å². The van der Waals surface area contributed by atoms with E-state index >= 15 is 0 Å². The zero-order valence-corrected chi connectivity index (χ0v) is 9.39. The summed E-state index contributed by atoms with van der Waals surface area (Å²) in [5, 5.41) is 3.23. The summed E-state index contributed by atoms with van der Waals surface area (Å²) in [4.78, 5) is 0. The van der Waals surface area contributed by atoms with Crippen LogP contribution >= 0.6 is 0 Å². The number of hydrogen-bond acceptors (Lipinski definition) is 1. The molecule has 82 valence electrons. The summed E-state index contributed by atoms with van der Waals surface area (Å²) in [6.45, 7) is 5.95. The Morgan fingerprint density at radius 3 is 2.80 bits per heavy atom. The third-order valence-corrected chi connectivity index (χ3v) is 2.11. The van der Waals surface area contributed by atoms with Crippen LogP contribution in [-0.4, -0.2) is 13.1 Å². The Labute approximate surface area is 91.0 Å². The molecule has 0 aliphatic heterocycles. The van der Waals surface area contributed by atoms with Gasteiger partial charge >= 0.3 is 0 Å². The molecule has 0 fully saturated rings. The molecule has 0 radical (unpaired) electrons. The molecule has 1 aromatic carbocycles. The number of rotatable bonds is 5. The minimum atomic E-state index is -0.165. The summed E-state index contributed by atoms with van der Waals surface area (Å²) >= 11 is 0. The minimum Gasteiger partial charge on any atom is -0.317 e. The predicted octanol–water partition coefficient (Wildman–Crippen LogP) is 3.15. The van der Waals surface area contributed by atoms with Gasteiger partial charge in [0.1, 0.15) is 5.82 Å². The first-order valence-electron chi connectivity index (χ1n) is 5.37. The number of aryl methyl sites for hydroxylation is 1. The van der Waals surface area contributed by atoms with Crippen LogP contribution < -0.4 is 5.32 Å². The standard InChI is InChI=1S/C13H18FN/c1-3-15-7-5-4-6-12-8-11(2)9-13(14)10-12/h4,6,8-10,15H,3,5,7H2,1-2H3. The summed E-state index contributed by atoms with van der Waals surface area (Å²) in [6, 6.07) is 5.07. The van der Waals surface area contributed by atoms with Crippen LogP contribution in [0.4, 0.5) is 4.39 Å². The van der Waals surface area contributed by atoms with Gasteiger partial charge in [-0.05, 0) is 49.7 Å². The molecule has 0 saturated carbocycles. The van der Waals surface area contributed by atoms with Gasteiger partial charge in [0.15, 0.2) is 0 Å². The van der Waals surface area contributed by atoms with E-state index in [2.05, 4.69) is 18.3 Å². The van der Waals surface area contributed by atoms with E-state index in [1.165, 1.54) is 6.07 Å². The predicted molar refractivity (Wildman–Crippen MR) is 63.3 cm³/mol. The maximum Gasteiger partial charge on any atom is 0.124 e. The highest BCUT2D eigenvalue weighted by atomic mass is 19.1. The SMILES string of the molecule is CCNCCC=Cc1cc(C)cc(F)c1. The second-order valence-electron chi connectivity index (χ2n) is 3.61. The average Bonchev–Trinajstić information content (AvgIpc) is 2.16. The van der Waals surface area contributed by atoms with Gasteiger partial charge in [-0.15, -0.1) is 0 Å². The molecule has 15 heavy (non-hydrogen) atoms. The lowest BCUT2D eigenvalue weighted by Gasteiger charge is -1.98. The maximum atomic E-state index is 13.0. The van der Waals surface area contributed by atoms with E-state index in [9.17, 15) is 4.39 Å². The average molecular weight is 207 g/mol. The largest absolute Gasteiger partial charge is 0.317 e. The van der Waals surface area contributed by atoms with Crippen LogP contribution in [0, 0.1) is 12.7 Å². The van der Waals surface area contributed by atoms with Crippen molar-refractivity contribution in [3.8, 4) is 0 Å². The molecule has 0 aromatic heterocycles. The van der Waals surface area contributed by atoms with Crippen molar-refractivity contribution in [2.45, 2.75) is 20.3 Å². The van der Waals surface area contributed by atoms with Crippen LogP contribution in [0.25, 0.3) is 6.08 Å². The van der Waals surface area contributed by atoms with Crippen LogP contribution in [0.15, 0.2) is 24.3 Å². The van der Waals surface area contributed by atoms with Crippen LogP contribution in [0.3, 0.4) is 0 Å². The highest BCUT2D eigenvalue weighted by Crippen LogP contribution is 2.09. The molecule has 1 nitrogen and oxygen atoms in total. The Kier molecular flexibility index (Phi) is 5.05.